The number of hydrogen-bond donors (Lipinski definition) is 0. The Hall–Kier alpha value is -1.12. The zero-order valence-corrected chi connectivity index (χ0v) is 8.76. The van der Waals surface area contributed by atoms with Crippen LogP contribution in [0.3, 0.4) is 0 Å². The van der Waals surface area contributed by atoms with Gasteiger partial charge in [0, 0.05) is 25.5 Å². The molecule has 0 radical (unpaired) electrons. The molecule has 0 N–H and O–H groups in total. The topological polar surface area (TPSA) is 29.0 Å². The van der Waals surface area contributed by atoms with Crippen molar-refractivity contribution in [2.24, 2.45) is 11.8 Å². The summed E-state index contributed by atoms with van der Waals surface area (Å²) in [7, 11) is 0. The molecule has 15 heavy (non-hydrogen) atoms. The van der Waals surface area contributed by atoms with Crippen LogP contribution in [0.4, 0.5) is 5.95 Å². The van der Waals surface area contributed by atoms with E-state index in [1.165, 1.54) is 37.9 Å². The lowest BCUT2D eigenvalue weighted by Gasteiger charge is -2.17. The van der Waals surface area contributed by atoms with Crippen molar-refractivity contribution in [2.45, 2.75) is 25.2 Å². The molecule has 1 unspecified atom stereocenters. The molecule has 1 aliphatic heterocycles. The Bertz CT molecular complexity index is 372. The molecule has 3 nitrogen and oxygen atoms in total. The van der Waals surface area contributed by atoms with Gasteiger partial charge in [-0.3, -0.25) is 0 Å². The fourth-order valence-electron chi connectivity index (χ4n) is 2.68. The standard InChI is InChI=1S/C12H15N3/c1-2-8(1)11-4-13-12(14-5-11)15-6-9-3-10(9)7-15/h4-5,8-10H,1-3,6-7H2/t9-,10?/m1/s1. The SMILES string of the molecule is c1nc(N2CC3C[C@@H]3C2)ncc1C1CC1. The van der Waals surface area contributed by atoms with Crippen LogP contribution in [0.2, 0.25) is 0 Å². The van der Waals surface area contributed by atoms with E-state index in [1.807, 2.05) is 12.4 Å². The maximum absolute atomic E-state index is 4.49. The second kappa shape index (κ2) is 2.71. The maximum Gasteiger partial charge on any atom is 0.225 e. The molecule has 3 fully saturated rings. The first-order valence-corrected chi connectivity index (χ1v) is 5.97. The lowest BCUT2D eigenvalue weighted by atomic mass is 10.2. The molecule has 0 spiro atoms. The van der Waals surface area contributed by atoms with Gasteiger partial charge in [-0.05, 0) is 42.6 Å². The van der Waals surface area contributed by atoms with Crippen molar-refractivity contribution >= 4 is 5.95 Å². The normalized spacial score (nSPS) is 32.9. The molecule has 3 heteroatoms. The third-order valence-electron chi connectivity index (χ3n) is 3.97. The minimum absolute atomic E-state index is 0.769. The fraction of sp³-hybridized carbons (Fsp3) is 0.667. The maximum atomic E-state index is 4.49. The quantitative estimate of drug-likeness (QED) is 0.730. The highest BCUT2D eigenvalue weighted by atomic mass is 15.3. The number of hydrogen-bond acceptors (Lipinski definition) is 3. The monoisotopic (exact) mass is 201 g/mol. The van der Waals surface area contributed by atoms with Gasteiger partial charge in [-0.2, -0.15) is 0 Å². The Labute approximate surface area is 89.5 Å². The Morgan fingerprint density at radius 1 is 1.07 bits per heavy atom. The summed E-state index contributed by atoms with van der Waals surface area (Å²) in [5.74, 6) is 3.63. The number of aromatic nitrogens is 2. The van der Waals surface area contributed by atoms with Crippen LogP contribution in [0.5, 0.6) is 0 Å². The molecule has 2 saturated carbocycles. The molecular formula is C12H15N3. The van der Waals surface area contributed by atoms with Gasteiger partial charge in [-0.15, -0.1) is 0 Å². The van der Waals surface area contributed by atoms with E-state index in [2.05, 4.69) is 14.9 Å². The zero-order valence-electron chi connectivity index (χ0n) is 8.76. The third kappa shape index (κ3) is 1.33. The largest absolute Gasteiger partial charge is 0.340 e. The van der Waals surface area contributed by atoms with Gasteiger partial charge < -0.3 is 4.90 Å². The Balaban J connectivity index is 1.55. The zero-order chi connectivity index (χ0) is 9.83. The third-order valence-corrected chi connectivity index (χ3v) is 3.97. The number of nitrogens with zero attached hydrogens (tertiary/aromatic N) is 3. The van der Waals surface area contributed by atoms with Crippen LogP contribution in [0.25, 0.3) is 0 Å². The van der Waals surface area contributed by atoms with Crippen LogP contribution >= 0.6 is 0 Å². The minimum Gasteiger partial charge on any atom is -0.340 e. The first-order valence-electron chi connectivity index (χ1n) is 5.97. The van der Waals surface area contributed by atoms with Gasteiger partial charge in [-0.1, -0.05) is 0 Å². The van der Waals surface area contributed by atoms with E-state index in [-0.39, 0.29) is 0 Å². The highest BCUT2D eigenvalue weighted by Crippen LogP contribution is 2.45. The summed E-state index contributed by atoms with van der Waals surface area (Å²) < 4.78 is 0. The first kappa shape index (κ1) is 8.08. The van der Waals surface area contributed by atoms with E-state index in [0.29, 0.717) is 0 Å². The summed E-state index contributed by atoms with van der Waals surface area (Å²) in [6, 6.07) is 0. The second-order valence-corrected chi connectivity index (χ2v) is 5.25. The molecule has 1 saturated heterocycles. The Morgan fingerprint density at radius 2 is 1.73 bits per heavy atom. The van der Waals surface area contributed by atoms with Crippen molar-refractivity contribution in [1.29, 1.82) is 0 Å². The van der Waals surface area contributed by atoms with Gasteiger partial charge in [0.1, 0.15) is 0 Å². The summed E-state index contributed by atoms with van der Waals surface area (Å²) in [5.41, 5.74) is 1.34. The van der Waals surface area contributed by atoms with E-state index in [4.69, 9.17) is 0 Å². The van der Waals surface area contributed by atoms with Crippen molar-refractivity contribution in [3.8, 4) is 0 Å². The number of fused-ring (bicyclic) bond motifs is 1. The predicted molar refractivity (Wildman–Crippen MR) is 57.8 cm³/mol. The second-order valence-electron chi connectivity index (χ2n) is 5.25. The highest BCUT2D eigenvalue weighted by molar-refractivity contribution is 5.35. The summed E-state index contributed by atoms with van der Waals surface area (Å²) in [6.45, 7) is 2.38. The van der Waals surface area contributed by atoms with Crippen molar-refractivity contribution in [1.82, 2.24) is 9.97 Å². The predicted octanol–water partition coefficient (Wildman–Crippen LogP) is 1.81. The molecule has 0 aromatic carbocycles. The lowest BCUT2D eigenvalue weighted by Crippen LogP contribution is -2.23. The molecule has 3 aliphatic rings. The molecule has 2 aliphatic carbocycles. The number of anilines is 1. The van der Waals surface area contributed by atoms with Gasteiger partial charge in [0.15, 0.2) is 0 Å². The van der Waals surface area contributed by atoms with Crippen LogP contribution in [0.15, 0.2) is 12.4 Å². The average molecular weight is 201 g/mol. The van der Waals surface area contributed by atoms with Crippen molar-refractivity contribution < 1.29 is 0 Å². The van der Waals surface area contributed by atoms with Crippen molar-refractivity contribution in [3.63, 3.8) is 0 Å². The average Bonchev–Trinajstić information content (AvgIpc) is 3.19. The van der Waals surface area contributed by atoms with Gasteiger partial charge in [0.2, 0.25) is 5.95 Å². The summed E-state index contributed by atoms with van der Waals surface area (Å²) in [6.07, 6.45) is 8.16. The Morgan fingerprint density at radius 3 is 2.33 bits per heavy atom. The van der Waals surface area contributed by atoms with E-state index < -0.39 is 0 Å². The molecule has 78 valence electrons. The van der Waals surface area contributed by atoms with Crippen LogP contribution in [-0.2, 0) is 0 Å². The lowest BCUT2D eigenvalue weighted by molar-refractivity contribution is 0.784. The smallest absolute Gasteiger partial charge is 0.225 e. The molecule has 2 atom stereocenters. The van der Waals surface area contributed by atoms with Crippen LogP contribution in [0.1, 0.15) is 30.7 Å². The highest BCUT2D eigenvalue weighted by Gasteiger charge is 2.45. The van der Waals surface area contributed by atoms with E-state index in [9.17, 15) is 0 Å². The van der Waals surface area contributed by atoms with Gasteiger partial charge in [0.25, 0.3) is 0 Å². The molecule has 2 heterocycles. The summed E-state index contributed by atoms with van der Waals surface area (Å²) in [5, 5.41) is 0. The fourth-order valence-corrected chi connectivity index (χ4v) is 2.68. The first-order chi connectivity index (χ1) is 7.40. The molecule has 0 bridgehead atoms. The summed E-state index contributed by atoms with van der Waals surface area (Å²) in [4.78, 5) is 11.3. The Kier molecular flexibility index (Phi) is 1.46. The van der Waals surface area contributed by atoms with Gasteiger partial charge in [-0.25, -0.2) is 9.97 Å². The van der Waals surface area contributed by atoms with Gasteiger partial charge in [0.05, 0.1) is 0 Å². The molecule has 1 aromatic heterocycles. The molecule has 1 aromatic rings. The molecular weight excluding hydrogens is 186 g/mol. The van der Waals surface area contributed by atoms with Crippen LogP contribution < -0.4 is 4.90 Å². The molecule has 0 amide bonds. The van der Waals surface area contributed by atoms with E-state index in [0.717, 1.165) is 23.7 Å². The van der Waals surface area contributed by atoms with Gasteiger partial charge >= 0.3 is 0 Å². The minimum atomic E-state index is 0.769. The van der Waals surface area contributed by atoms with Crippen molar-refractivity contribution in [3.05, 3.63) is 18.0 Å². The molecule has 4 rings (SSSR count). The van der Waals surface area contributed by atoms with E-state index >= 15 is 0 Å². The van der Waals surface area contributed by atoms with Crippen molar-refractivity contribution in [2.75, 3.05) is 18.0 Å². The number of rotatable bonds is 2. The van der Waals surface area contributed by atoms with Crippen LogP contribution in [-0.4, -0.2) is 23.1 Å². The summed E-state index contributed by atoms with van der Waals surface area (Å²) >= 11 is 0. The van der Waals surface area contributed by atoms with Crippen LogP contribution in [0, 0.1) is 11.8 Å². The number of piperidine rings is 1. The van der Waals surface area contributed by atoms with E-state index in [1.54, 1.807) is 0 Å².